The summed E-state index contributed by atoms with van der Waals surface area (Å²) in [6.07, 6.45) is 10.2. The average molecular weight is 276 g/mol. The lowest BCUT2D eigenvalue weighted by Gasteiger charge is -2.54. The van der Waals surface area contributed by atoms with Crippen molar-refractivity contribution in [3.8, 4) is 0 Å². The average Bonchev–Trinajstić information content (AvgIpc) is 2.43. The standard InChI is InChI=1S/C17H28N2O/c20-16(10-11-1-3-18-4-2-11)19-17-14-6-12-5-13(8-14)9-15(17)7-12/h11-15,17-18H,1-10H2,(H,19,20). The van der Waals surface area contributed by atoms with Crippen molar-refractivity contribution in [2.45, 2.75) is 57.4 Å². The predicted octanol–water partition coefficient (Wildman–Crippen LogP) is 2.32. The highest BCUT2D eigenvalue weighted by Crippen LogP contribution is 2.53. The second-order valence-corrected chi connectivity index (χ2v) is 7.92. The lowest BCUT2D eigenvalue weighted by molar-refractivity contribution is -0.126. The topological polar surface area (TPSA) is 41.1 Å². The van der Waals surface area contributed by atoms with E-state index in [1.54, 1.807) is 0 Å². The molecule has 4 aliphatic carbocycles. The maximum absolute atomic E-state index is 12.4. The van der Waals surface area contributed by atoms with E-state index < -0.39 is 0 Å². The second kappa shape index (κ2) is 5.32. The van der Waals surface area contributed by atoms with Gasteiger partial charge in [-0.1, -0.05) is 0 Å². The van der Waals surface area contributed by atoms with Crippen LogP contribution in [0.15, 0.2) is 0 Å². The first kappa shape index (κ1) is 13.1. The van der Waals surface area contributed by atoms with E-state index in [2.05, 4.69) is 10.6 Å². The Morgan fingerprint density at radius 3 is 2.15 bits per heavy atom. The van der Waals surface area contributed by atoms with Crippen molar-refractivity contribution in [2.75, 3.05) is 13.1 Å². The molecule has 5 aliphatic rings. The Hall–Kier alpha value is -0.570. The molecule has 2 N–H and O–H groups in total. The predicted molar refractivity (Wildman–Crippen MR) is 79.2 cm³/mol. The van der Waals surface area contributed by atoms with Crippen molar-refractivity contribution in [2.24, 2.45) is 29.6 Å². The number of rotatable bonds is 3. The van der Waals surface area contributed by atoms with Crippen molar-refractivity contribution in [3.05, 3.63) is 0 Å². The number of hydrogen-bond donors (Lipinski definition) is 2. The van der Waals surface area contributed by atoms with Crippen molar-refractivity contribution in [3.63, 3.8) is 0 Å². The summed E-state index contributed by atoms with van der Waals surface area (Å²) >= 11 is 0. The summed E-state index contributed by atoms with van der Waals surface area (Å²) in [5, 5.41) is 6.83. The molecule has 0 aromatic carbocycles. The molecule has 0 atom stereocenters. The summed E-state index contributed by atoms with van der Waals surface area (Å²) in [5.74, 6) is 4.57. The van der Waals surface area contributed by atoms with Crippen LogP contribution in [0.1, 0.15) is 51.4 Å². The molecule has 3 heteroatoms. The minimum absolute atomic E-state index is 0.342. The van der Waals surface area contributed by atoms with Crippen LogP contribution < -0.4 is 10.6 Å². The van der Waals surface area contributed by atoms with Crippen molar-refractivity contribution in [1.82, 2.24) is 10.6 Å². The van der Waals surface area contributed by atoms with Crippen LogP contribution in [0.3, 0.4) is 0 Å². The first-order valence-electron chi connectivity index (χ1n) is 8.78. The Labute approximate surface area is 122 Å². The third-order valence-corrected chi connectivity index (χ3v) is 6.49. The summed E-state index contributed by atoms with van der Waals surface area (Å²) in [4.78, 5) is 12.4. The maximum atomic E-state index is 12.4. The van der Waals surface area contributed by atoms with Gasteiger partial charge in [0.05, 0.1) is 0 Å². The van der Waals surface area contributed by atoms with Crippen LogP contribution in [0, 0.1) is 29.6 Å². The Morgan fingerprint density at radius 2 is 1.55 bits per heavy atom. The second-order valence-electron chi connectivity index (χ2n) is 7.92. The van der Waals surface area contributed by atoms with Gasteiger partial charge >= 0.3 is 0 Å². The molecule has 1 amide bonds. The molecule has 4 bridgehead atoms. The van der Waals surface area contributed by atoms with Gasteiger partial charge in [0, 0.05) is 12.5 Å². The molecule has 0 radical (unpaired) electrons. The largest absolute Gasteiger partial charge is 0.353 e. The third-order valence-electron chi connectivity index (χ3n) is 6.49. The van der Waals surface area contributed by atoms with Gasteiger partial charge in [0.15, 0.2) is 0 Å². The Balaban J connectivity index is 1.33. The molecule has 1 saturated heterocycles. The quantitative estimate of drug-likeness (QED) is 0.830. The lowest BCUT2D eigenvalue weighted by Crippen LogP contribution is -2.56. The van der Waals surface area contributed by atoms with Gasteiger partial charge in [-0.3, -0.25) is 4.79 Å². The minimum atomic E-state index is 0.342. The van der Waals surface area contributed by atoms with Crippen molar-refractivity contribution >= 4 is 5.91 Å². The summed E-state index contributed by atoms with van der Waals surface area (Å²) in [7, 11) is 0. The molecule has 0 aromatic rings. The zero-order valence-corrected chi connectivity index (χ0v) is 12.4. The highest BCUT2D eigenvalue weighted by molar-refractivity contribution is 5.76. The molecule has 0 unspecified atom stereocenters. The van der Waals surface area contributed by atoms with Gasteiger partial charge in [-0.2, -0.15) is 0 Å². The molecule has 0 aromatic heterocycles. The first-order valence-corrected chi connectivity index (χ1v) is 8.78. The monoisotopic (exact) mass is 276 g/mol. The Kier molecular flexibility index (Phi) is 3.49. The molecule has 112 valence electrons. The number of carbonyl (C=O) groups is 1. The highest BCUT2D eigenvalue weighted by Gasteiger charge is 2.48. The first-order chi connectivity index (χ1) is 9.78. The van der Waals surface area contributed by atoms with Gasteiger partial charge in [0.1, 0.15) is 0 Å². The SMILES string of the molecule is O=C(CC1CCNCC1)NC1C2CC3CC(C2)CC1C3. The van der Waals surface area contributed by atoms with E-state index in [-0.39, 0.29) is 0 Å². The van der Waals surface area contributed by atoms with Crippen LogP contribution in [0.2, 0.25) is 0 Å². The zero-order valence-electron chi connectivity index (χ0n) is 12.4. The maximum Gasteiger partial charge on any atom is 0.220 e. The van der Waals surface area contributed by atoms with E-state index in [1.165, 1.54) is 44.9 Å². The molecule has 0 spiro atoms. The molecular formula is C17H28N2O. The smallest absolute Gasteiger partial charge is 0.220 e. The van der Waals surface area contributed by atoms with E-state index >= 15 is 0 Å². The van der Waals surface area contributed by atoms with Gasteiger partial charge in [0.25, 0.3) is 0 Å². The van der Waals surface area contributed by atoms with Crippen molar-refractivity contribution in [1.29, 1.82) is 0 Å². The number of hydrogen-bond acceptors (Lipinski definition) is 2. The summed E-state index contributed by atoms with van der Waals surface area (Å²) in [5.41, 5.74) is 0. The molecule has 3 nitrogen and oxygen atoms in total. The van der Waals surface area contributed by atoms with Gasteiger partial charge in [0.2, 0.25) is 5.91 Å². The van der Waals surface area contributed by atoms with E-state index in [0.29, 0.717) is 17.9 Å². The number of amides is 1. The highest BCUT2D eigenvalue weighted by atomic mass is 16.1. The van der Waals surface area contributed by atoms with Gasteiger partial charge in [-0.25, -0.2) is 0 Å². The summed E-state index contributed by atoms with van der Waals surface area (Å²) in [6.45, 7) is 2.19. The molecular weight excluding hydrogens is 248 g/mol. The molecule has 1 aliphatic heterocycles. The number of carbonyl (C=O) groups excluding carboxylic acids is 1. The zero-order chi connectivity index (χ0) is 13.5. The molecule has 5 fully saturated rings. The molecule has 5 rings (SSSR count). The van der Waals surface area contributed by atoms with E-state index in [9.17, 15) is 4.79 Å². The van der Waals surface area contributed by atoms with Crippen molar-refractivity contribution < 1.29 is 4.79 Å². The van der Waals surface area contributed by atoms with E-state index in [4.69, 9.17) is 0 Å². The summed E-state index contributed by atoms with van der Waals surface area (Å²) in [6, 6.07) is 0.525. The van der Waals surface area contributed by atoms with Crippen LogP contribution in [-0.4, -0.2) is 25.0 Å². The normalized spacial score (nSPS) is 43.7. The third kappa shape index (κ3) is 2.49. The van der Waals surface area contributed by atoms with Gasteiger partial charge in [-0.05, 0) is 87.6 Å². The van der Waals surface area contributed by atoms with Crippen LogP contribution in [0.4, 0.5) is 0 Å². The number of piperidine rings is 1. The molecule has 1 heterocycles. The fraction of sp³-hybridized carbons (Fsp3) is 0.941. The Bertz CT molecular complexity index is 347. The van der Waals surface area contributed by atoms with Crippen LogP contribution in [-0.2, 0) is 4.79 Å². The minimum Gasteiger partial charge on any atom is -0.353 e. The number of nitrogens with one attached hydrogen (secondary N) is 2. The van der Waals surface area contributed by atoms with Crippen LogP contribution in [0.5, 0.6) is 0 Å². The lowest BCUT2D eigenvalue weighted by atomic mass is 9.54. The van der Waals surface area contributed by atoms with Gasteiger partial charge < -0.3 is 10.6 Å². The Morgan fingerprint density at radius 1 is 0.950 bits per heavy atom. The van der Waals surface area contributed by atoms with E-state index in [0.717, 1.165) is 43.2 Å². The molecule has 20 heavy (non-hydrogen) atoms. The van der Waals surface area contributed by atoms with Crippen LogP contribution >= 0.6 is 0 Å². The summed E-state index contributed by atoms with van der Waals surface area (Å²) < 4.78 is 0. The fourth-order valence-electron chi connectivity index (χ4n) is 5.75. The van der Waals surface area contributed by atoms with Crippen LogP contribution in [0.25, 0.3) is 0 Å². The molecule has 4 saturated carbocycles. The fourth-order valence-corrected chi connectivity index (χ4v) is 5.75. The van der Waals surface area contributed by atoms with E-state index in [1.807, 2.05) is 0 Å². The van der Waals surface area contributed by atoms with Gasteiger partial charge in [-0.15, -0.1) is 0 Å².